The second-order valence-electron chi connectivity index (χ2n) is 4.54. The van der Waals surface area contributed by atoms with Gasteiger partial charge in [0, 0.05) is 13.0 Å². The Kier molecular flexibility index (Phi) is 3.50. The SMILES string of the molecule is C#CC1CC2(CO)O[C@@H](CCO)CCC2O1. The lowest BCUT2D eigenvalue weighted by Crippen LogP contribution is -2.51. The zero-order valence-corrected chi connectivity index (χ0v) is 9.26. The lowest BCUT2D eigenvalue weighted by molar-refractivity contribution is -0.184. The van der Waals surface area contributed by atoms with Crippen molar-refractivity contribution in [1.82, 2.24) is 0 Å². The average Bonchev–Trinajstić information content (AvgIpc) is 2.68. The van der Waals surface area contributed by atoms with Crippen molar-refractivity contribution in [2.75, 3.05) is 13.2 Å². The van der Waals surface area contributed by atoms with E-state index in [4.69, 9.17) is 21.0 Å². The molecule has 2 heterocycles. The molecule has 0 radical (unpaired) electrons. The van der Waals surface area contributed by atoms with E-state index in [-0.39, 0.29) is 31.5 Å². The molecule has 0 aliphatic carbocycles. The molecule has 0 aromatic heterocycles. The van der Waals surface area contributed by atoms with E-state index in [1.165, 1.54) is 0 Å². The second kappa shape index (κ2) is 4.72. The first-order valence-corrected chi connectivity index (χ1v) is 5.75. The summed E-state index contributed by atoms with van der Waals surface area (Å²) in [4.78, 5) is 0. The highest BCUT2D eigenvalue weighted by Gasteiger charge is 2.52. The van der Waals surface area contributed by atoms with Crippen LogP contribution in [0.5, 0.6) is 0 Å². The molecular formula is C12H18O4. The Morgan fingerprint density at radius 2 is 2.19 bits per heavy atom. The summed E-state index contributed by atoms with van der Waals surface area (Å²) in [5.74, 6) is 2.56. The van der Waals surface area contributed by atoms with Gasteiger partial charge in [0.25, 0.3) is 0 Å². The highest BCUT2D eigenvalue weighted by Crippen LogP contribution is 2.41. The molecule has 2 fully saturated rings. The zero-order chi connectivity index (χ0) is 11.6. The van der Waals surface area contributed by atoms with E-state index in [9.17, 15) is 5.11 Å². The predicted octanol–water partition coefficient (Wildman–Crippen LogP) is 0.0696. The molecule has 4 atom stereocenters. The fraction of sp³-hybridized carbons (Fsp3) is 0.833. The van der Waals surface area contributed by atoms with Crippen LogP contribution < -0.4 is 0 Å². The Hall–Kier alpha value is -0.600. The number of aliphatic hydroxyl groups excluding tert-OH is 2. The quantitative estimate of drug-likeness (QED) is 0.669. The van der Waals surface area contributed by atoms with Gasteiger partial charge in [0.05, 0.1) is 18.8 Å². The normalized spacial score (nSPS) is 42.7. The van der Waals surface area contributed by atoms with Gasteiger partial charge in [-0.2, -0.15) is 0 Å². The summed E-state index contributed by atoms with van der Waals surface area (Å²) >= 11 is 0. The minimum Gasteiger partial charge on any atom is -0.396 e. The first-order chi connectivity index (χ1) is 7.74. The smallest absolute Gasteiger partial charge is 0.121 e. The average molecular weight is 226 g/mol. The number of ether oxygens (including phenoxy) is 2. The van der Waals surface area contributed by atoms with Gasteiger partial charge in [0.1, 0.15) is 11.7 Å². The lowest BCUT2D eigenvalue weighted by atomic mass is 9.87. The topological polar surface area (TPSA) is 58.9 Å². The third-order valence-electron chi connectivity index (χ3n) is 3.50. The van der Waals surface area contributed by atoms with Crippen molar-refractivity contribution in [3.05, 3.63) is 0 Å². The largest absolute Gasteiger partial charge is 0.396 e. The molecule has 0 saturated carbocycles. The molecule has 0 aromatic carbocycles. The van der Waals surface area contributed by atoms with Gasteiger partial charge in [-0.05, 0) is 19.3 Å². The summed E-state index contributed by atoms with van der Waals surface area (Å²) in [6.07, 6.45) is 7.83. The van der Waals surface area contributed by atoms with E-state index in [1.807, 2.05) is 0 Å². The fourth-order valence-electron chi connectivity index (χ4n) is 2.65. The summed E-state index contributed by atoms with van der Waals surface area (Å²) in [5.41, 5.74) is -0.644. The molecule has 90 valence electrons. The Bertz CT molecular complexity index is 285. The molecule has 0 aromatic rings. The van der Waals surface area contributed by atoms with Crippen LogP contribution in [-0.2, 0) is 9.47 Å². The maximum absolute atomic E-state index is 9.52. The summed E-state index contributed by atoms with van der Waals surface area (Å²) < 4.78 is 11.5. The number of hydrogen-bond acceptors (Lipinski definition) is 4. The van der Waals surface area contributed by atoms with Gasteiger partial charge in [0.2, 0.25) is 0 Å². The lowest BCUT2D eigenvalue weighted by Gasteiger charge is -2.40. The van der Waals surface area contributed by atoms with Crippen molar-refractivity contribution in [3.63, 3.8) is 0 Å². The van der Waals surface area contributed by atoms with E-state index in [0.717, 1.165) is 12.8 Å². The Balaban J connectivity index is 2.08. The van der Waals surface area contributed by atoms with Crippen LogP contribution in [0.4, 0.5) is 0 Å². The molecule has 2 rings (SSSR count). The first-order valence-electron chi connectivity index (χ1n) is 5.75. The van der Waals surface area contributed by atoms with Crippen LogP contribution in [0.3, 0.4) is 0 Å². The molecule has 16 heavy (non-hydrogen) atoms. The molecule has 0 spiro atoms. The third-order valence-corrected chi connectivity index (χ3v) is 3.50. The van der Waals surface area contributed by atoms with Gasteiger partial charge in [0.15, 0.2) is 0 Å². The van der Waals surface area contributed by atoms with E-state index >= 15 is 0 Å². The number of hydrogen-bond donors (Lipinski definition) is 2. The van der Waals surface area contributed by atoms with Crippen molar-refractivity contribution < 1.29 is 19.7 Å². The van der Waals surface area contributed by atoms with Gasteiger partial charge in [-0.3, -0.25) is 0 Å². The number of fused-ring (bicyclic) bond motifs is 1. The van der Waals surface area contributed by atoms with Gasteiger partial charge in [-0.15, -0.1) is 6.42 Å². The molecule has 2 aliphatic heterocycles. The molecule has 0 bridgehead atoms. The summed E-state index contributed by atoms with van der Waals surface area (Å²) in [6.45, 7) is 0.0358. The van der Waals surface area contributed by atoms with Crippen LogP contribution >= 0.6 is 0 Å². The summed E-state index contributed by atoms with van der Waals surface area (Å²) in [7, 11) is 0. The zero-order valence-electron chi connectivity index (χ0n) is 9.26. The molecular weight excluding hydrogens is 208 g/mol. The fourth-order valence-corrected chi connectivity index (χ4v) is 2.65. The Labute approximate surface area is 95.6 Å². The van der Waals surface area contributed by atoms with Crippen molar-refractivity contribution in [3.8, 4) is 12.3 Å². The first kappa shape index (κ1) is 11.9. The number of aliphatic hydroxyl groups is 2. The van der Waals surface area contributed by atoms with Gasteiger partial charge < -0.3 is 19.7 Å². The highest BCUT2D eigenvalue weighted by molar-refractivity contribution is 5.09. The van der Waals surface area contributed by atoms with Crippen molar-refractivity contribution >= 4 is 0 Å². The highest BCUT2D eigenvalue weighted by atomic mass is 16.6. The van der Waals surface area contributed by atoms with Crippen LogP contribution in [0.25, 0.3) is 0 Å². The van der Waals surface area contributed by atoms with E-state index < -0.39 is 5.60 Å². The Morgan fingerprint density at radius 1 is 1.38 bits per heavy atom. The van der Waals surface area contributed by atoms with E-state index in [0.29, 0.717) is 12.8 Å². The van der Waals surface area contributed by atoms with Gasteiger partial charge in [-0.1, -0.05) is 5.92 Å². The van der Waals surface area contributed by atoms with Crippen LogP contribution in [0, 0.1) is 12.3 Å². The molecule has 2 N–H and O–H groups in total. The van der Waals surface area contributed by atoms with Crippen molar-refractivity contribution in [2.45, 2.75) is 49.6 Å². The molecule has 3 unspecified atom stereocenters. The van der Waals surface area contributed by atoms with Crippen LogP contribution in [0.15, 0.2) is 0 Å². The Morgan fingerprint density at radius 3 is 2.81 bits per heavy atom. The van der Waals surface area contributed by atoms with Gasteiger partial charge in [-0.25, -0.2) is 0 Å². The van der Waals surface area contributed by atoms with Crippen molar-refractivity contribution in [1.29, 1.82) is 0 Å². The van der Waals surface area contributed by atoms with Crippen molar-refractivity contribution in [2.24, 2.45) is 0 Å². The van der Waals surface area contributed by atoms with E-state index in [2.05, 4.69) is 5.92 Å². The summed E-state index contributed by atoms with van der Waals surface area (Å²) in [6, 6.07) is 0. The maximum atomic E-state index is 9.52. The predicted molar refractivity (Wildman–Crippen MR) is 57.7 cm³/mol. The van der Waals surface area contributed by atoms with Crippen LogP contribution in [-0.4, -0.2) is 47.3 Å². The number of rotatable bonds is 3. The molecule has 2 saturated heterocycles. The monoisotopic (exact) mass is 226 g/mol. The summed E-state index contributed by atoms with van der Waals surface area (Å²) in [5, 5.41) is 18.4. The minimum absolute atomic E-state index is 0.00789. The number of terminal acetylenes is 1. The molecule has 4 nitrogen and oxygen atoms in total. The van der Waals surface area contributed by atoms with E-state index in [1.54, 1.807) is 0 Å². The van der Waals surface area contributed by atoms with Crippen LogP contribution in [0.2, 0.25) is 0 Å². The third kappa shape index (κ3) is 1.96. The van der Waals surface area contributed by atoms with Gasteiger partial charge >= 0.3 is 0 Å². The molecule has 4 heteroatoms. The van der Waals surface area contributed by atoms with Crippen LogP contribution in [0.1, 0.15) is 25.7 Å². The molecule has 0 amide bonds. The maximum Gasteiger partial charge on any atom is 0.121 e. The second-order valence-corrected chi connectivity index (χ2v) is 4.54. The standard InChI is InChI=1S/C12H18O4/c1-2-9-7-12(8-14)11(15-9)4-3-10(16-12)5-6-13/h1,9-11,13-14H,3-8H2/t9?,10-,11?,12?/m1/s1. The minimum atomic E-state index is -0.644. The molecule has 2 aliphatic rings.